The molecule has 4 aromatic heterocycles. The predicted molar refractivity (Wildman–Crippen MR) is 162 cm³/mol. The first-order chi connectivity index (χ1) is 16.8. The SMILES string of the molecule is CCCCCCCCc1cc2sc3cc4c(cc3c2s1)sc1cc(CCCCCCCC)sc14. The second-order valence-corrected chi connectivity index (χ2v) is 14.3. The predicted octanol–water partition coefficient (Wildman–Crippen LogP) is 12.4. The van der Waals surface area contributed by atoms with E-state index in [0.717, 1.165) is 0 Å². The third kappa shape index (κ3) is 5.56. The number of unbranched alkanes of at least 4 members (excludes halogenated alkanes) is 10. The summed E-state index contributed by atoms with van der Waals surface area (Å²) in [4.78, 5) is 3.18. The van der Waals surface area contributed by atoms with Gasteiger partial charge in [-0.15, -0.1) is 45.3 Å². The standard InChI is InChI=1S/C30H38S4/c1-3-5-7-9-11-13-15-21-17-27-29(31-21)23-19-26-24(20-25(23)33-27)30-28(34-26)18-22(32-30)16-14-12-10-8-6-4-2/h17-20H,3-16H2,1-2H3. The summed E-state index contributed by atoms with van der Waals surface area (Å²) in [6, 6.07) is 9.98. The minimum Gasteiger partial charge on any atom is -0.139 e. The van der Waals surface area contributed by atoms with Crippen molar-refractivity contribution in [1.82, 2.24) is 0 Å². The van der Waals surface area contributed by atoms with Gasteiger partial charge in [0, 0.05) is 39.3 Å². The summed E-state index contributed by atoms with van der Waals surface area (Å²) in [5.41, 5.74) is 0. The maximum Gasteiger partial charge on any atom is 0.0532 e. The second kappa shape index (κ2) is 11.9. The fourth-order valence-corrected chi connectivity index (χ4v) is 10.3. The van der Waals surface area contributed by atoms with Crippen LogP contribution in [-0.2, 0) is 12.8 Å². The minimum atomic E-state index is 1.26. The zero-order valence-electron chi connectivity index (χ0n) is 20.8. The monoisotopic (exact) mass is 526 g/mol. The number of fused-ring (bicyclic) bond motifs is 6. The molecule has 0 unspecified atom stereocenters. The Morgan fingerprint density at radius 2 is 0.853 bits per heavy atom. The molecule has 0 radical (unpaired) electrons. The van der Waals surface area contributed by atoms with Gasteiger partial charge < -0.3 is 0 Å². The van der Waals surface area contributed by atoms with E-state index in [2.05, 4.69) is 60.8 Å². The van der Waals surface area contributed by atoms with Crippen molar-refractivity contribution in [2.75, 3.05) is 0 Å². The molecule has 1 aromatic carbocycles. The van der Waals surface area contributed by atoms with E-state index in [9.17, 15) is 0 Å². The van der Waals surface area contributed by atoms with E-state index in [4.69, 9.17) is 0 Å². The first-order valence-corrected chi connectivity index (χ1v) is 16.8. The molecule has 0 amide bonds. The molecule has 182 valence electrons. The quantitative estimate of drug-likeness (QED) is 0.126. The number of benzene rings is 1. The topological polar surface area (TPSA) is 0 Å². The molecule has 4 heterocycles. The van der Waals surface area contributed by atoms with Gasteiger partial charge in [0.25, 0.3) is 0 Å². The average Bonchev–Trinajstić information content (AvgIpc) is 3.56. The van der Waals surface area contributed by atoms with Gasteiger partial charge in [-0.25, -0.2) is 0 Å². The van der Waals surface area contributed by atoms with Crippen molar-refractivity contribution in [3.8, 4) is 0 Å². The number of aryl methyl sites for hydroxylation is 2. The van der Waals surface area contributed by atoms with Crippen molar-refractivity contribution < 1.29 is 0 Å². The van der Waals surface area contributed by atoms with E-state index in [1.807, 2.05) is 22.7 Å². The van der Waals surface area contributed by atoms with Gasteiger partial charge in [-0.1, -0.05) is 78.1 Å². The summed E-state index contributed by atoms with van der Waals surface area (Å²) >= 11 is 8.13. The van der Waals surface area contributed by atoms with Crippen LogP contribution in [0.1, 0.15) is 101 Å². The molecule has 0 saturated carbocycles. The van der Waals surface area contributed by atoms with E-state index in [1.165, 1.54) is 129 Å². The lowest BCUT2D eigenvalue weighted by Gasteiger charge is -1.99. The Morgan fingerprint density at radius 1 is 0.441 bits per heavy atom. The van der Waals surface area contributed by atoms with Gasteiger partial charge in [-0.05, 0) is 49.9 Å². The maximum absolute atomic E-state index is 2.50. The Hall–Kier alpha value is -0.940. The highest BCUT2D eigenvalue weighted by atomic mass is 32.1. The lowest BCUT2D eigenvalue weighted by atomic mass is 10.1. The molecule has 4 heteroatoms. The maximum atomic E-state index is 2.50. The molecule has 0 fully saturated rings. The molecular weight excluding hydrogens is 489 g/mol. The molecule has 0 aliphatic heterocycles. The van der Waals surface area contributed by atoms with Gasteiger partial charge in [0.1, 0.15) is 0 Å². The highest BCUT2D eigenvalue weighted by Gasteiger charge is 2.15. The van der Waals surface area contributed by atoms with Gasteiger partial charge in [0.2, 0.25) is 0 Å². The van der Waals surface area contributed by atoms with E-state index < -0.39 is 0 Å². The van der Waals surface area contributed by atoms with Crippen LogP contribution in [0.5, 0.6) is 0 Å². The molecule has 0 atom stereocenters. The van der Waals surface area contributed by atoms with Crippen LogP contribution in [0.4, 0.5) is 0 Å². The second-order valence-electron chi connectivity index (χ2n) is 9.90. The Balaban J connectivity index is 1.28. The van der Waals surface area contributed by atoms with Crippen molar-refractivity contribution >= 4 is 84.3 Å². The Labute approximate surface area is 221 Å². The lowest BCUT2D eigenvalue weighted by Crippen LogP contribution is -1.82. The van der Waals surface area contributed by atoms with Gasteiger partial charge >= 0.3 is 0 Å². The molecule has 0 bridgehead atoms. The number of rotatable bonds is 14. The van der Waals surface area contributed by atoms with Gasteiger partial charge in [-0.2, -0.15) is 0 Å². The van der Waals surface area contributed by atoms with Crippen molar-refractivity contribution in [2.45, 2.75) is 104 Å². The van der Waals surface area contributed by atoms with Gasteiger partial charge in [0.05, 0.1) is 9.40 Å². The van der Waals surface area contributed by atoms with Crippen LogP contribution in [0, 0.1) is 0 Å². The van der Waals surface area contributed by atoms with Crippen LogP contribution >= 0.6 is 45.3 Å². The summed E-state index contributed by atoms with van der Waals surface area (Å²) in [7, 11) is 0. The van der Waals surface area contributed by atoms with E-state index in [-0.39, 0.29) is 0 Å². The van der Waals surface area contributed by atoms with Crippen LogP contribution in [0.25, 0.3) is 39.0 Å². The summed E-state index contributed by atoms with van der Waals surface area (Å²) in [6.45, 7) is 4.59. The number of hydrogen-bond donors (Lipinski definition) is 0. The summed E-state index contributed by atoms with van der Waals surface area (Å²) in [6.07, 6.45) is 19.1. The smallest absolute Gasteiger partial charge is 0.0532 e. The first-order valence-electron chi connectivity index (χ1n) is 13.6. The van der Waals surface area contributed by atoms with Crippen LogP contribution in [0.15, 0.2) is 24.3 Å². The largest absolute Gasteiger partial charge is 0.139 e. The molecule has 5 aromatic rings. The van der Waals surface area contributed by atoms with Crippen molar-refractivity contribution in [3.63, 3.8) is 0 Å². The molecular formula is C30H38S4. The third-order valence-electron chi connectivity index (χ3n) is 7.06. The minimum absolute atomic E-state index is 1.26. The summed E-state index contributed by atoms with van der Waals surface area (Å²) in [5, 5.41) is 2.99. The van der Waals surface area contributed by atoms with E-state index in [1.54, 1.807) is 9.75 Å². The Bertz CT molecular complexity index is 1240. The normalized spacial score (nSPS) is 12.3. The molecule has 34 heavy (non-hydrogen) atoms. The molecule has 0 saturated heterocycles. The van der Waals surface area contributed by atoms with Crippen LogP contribution in [0.3, 0.4) is 0 Å². The fourth-order valence-electron chi connectivity index (χ4n) is 5.10. The molecule has 0 N–H and O–H groups in total. The first kappa shape index (κ1) is 24.7. The highest BCUT2D eigenvalue weighted by Crippen LogP contribution is 2.46. The molecule has 5 rings (SSSR count). The van der Waals surface area contributed by atoms with E-state index in [0.29, 0.717) is 0 Å². The van der Waals surface area contributed by atoms with Crippen molar-refractivity contribution in [1.29, 1.82) is 0 Å². The zero-order chi connectivity index (χ0) is 23.3. The van der Waals surface area contributed by atoms with Gasteiger partial charge in [0.15, 0.2) is 0 Å². The third-order valence-corrected chi connectivity index (χ3v) is 12.0. The zero-order valence-corrected chi connectivity index (χ0v) is 24.1. The average molecular weight is 527 g/mol. The summed E-state index contributed by atoms with van der Waals surface area (Å²) in [5.74, 6) is 0. The molecule has 0 nitrogen and oxygen atoms in total. The van der Waals surface area contributed by atoms with Crippen molar-refractivity contribution in [3.05, 3.63) is 34.0 Å². The van der Waals surface area contributed by atoms with Crippen LogP contribution in [0.2, 0.25) is 0 Å². The van der Waals surface area contributed by atoms with Crippen molar-refractivity contribution in [2.24, 2.45) is 0 Å². The number of hydrogen-bond acceptors (Lipinski definition) is 4. The lowest BCUT2D eigenvalue weighted by molar-refractivity contribution is 0.609. The van der Waals surface area contributed by atoms with Crippen LogP contribution < -0.4 is 0 Å². The van der Waals surface area contributed by atoms with Gasteiger partial charge in [-0.3, -0.25) is 0 Å². The fraction of sp³-hybridized carbons (Fsp3) is 0.533. The van der Waals surface area contributed by atoms with Crippen LogP contribution in [-0.4, -0.2) is 0 Å². The highest BCUT2D eigenvalue weighted by molar-refractivity contribution is 7.34. The molecule has 0 aliphatic rings. The number of thiophene rings is 4. The summed E-state index contributed by atoms with van der Waals surface area (Å²) < 4.78 is 9.03. The molecule has 0 aliphatic carbocycles. The Kier molecular flexibility index (Phi) is 8.63. The Morgan fingerprint density at radius 3 is 1.29 bits per heavy atom. The molecule has 0 spiro atoms. The van der Waals surface area contributed by atoms with E-state index >= 15 is 0 Å².